The van der Waals surface area contributed by atoms with Crippen molar-refractivity contribution in [2.75, 3.05) is 5.32 Å². The van der Waals surface area contributed by atoms with E-state index in [0.29, 0.717) is 0 Å². The molecular formula is C15H14N3O2S+. The van der Waals surface area contributed by atoms with Crippen LogP contribution < -0.4 is 10.5 Å². The third-order valence-corrected chi connectivity index (χ3v) is 4.04. The molecule has 2 aromatic carbocycles. The van der Waals surface area contributed by atoms with E-state index in [9.17, 15) is 8.42 Å². The molecule has 0 aliphatic heterocycles. The zero-order valence-corrected chi connectivity index (χ0v) is 11.8. The number of nitrogens with one attached hydrogen (secondary N) is 1. The van der Waals surface area contributed by atoms with Crippen LogP contribution in [0.25, 0.3) is 10.8 Å². The number of sulfonamides is 1. The summed E-state index contributed by atoms with van der Waals surface area (Å²) in [7, 11) is -3.66. The van der Waals surface area contributed by atoms with Gasteiger partial charge in [0.15, 0.2) is 0 Å². The number of aromatic nitrogens is 1. The van der Waals surface area contributed by atoms with Crippen molar-refractivity contribution in [2.24, 2.45) is 5.14 Å². The Balaban J connectivity index is 0.00000176. The minimum Gasteiger partial charge on any atom is -0.356 e. The Kier molecular flexibility index (Phi) is 3.32. The van der Waals surface area contributed by atoms with E-state index in [0.717, 1.165) is 22.1 Å². The third kappa shape index (κ3) is 3.01. The Morgan fingerprint density at radius 1 is 0.952 bits per heavy atom. The van der Waals surface area contributed by atoms with E-state index in [2.05, 4.69) is 10.3 Å². The molecule has 0 atom stereocenters. The number of nitrogens with two attached hydrogens (primary N) is 1. The number of nitrogens with zero attached hydrogens (tertiary/aromatic N) is 1. The summed E-state index contributed by atoms with van der Waals surface area (Å²) in [5, 5.41) is 10.4. The number of benzene rings is 2. The summed E-state index contributed by atoms with van der Waals surface area (Å²) in [6.07, 6.45) is 3.55. The van der Waals surface area contributed by atoms with Gasteiger partial charge in [-0.15, -0.1) is 0 Å². The van der Waals surface area contributed by atoms with Gasteiger partial charge >= 0.3 is 1.43 Å². The van der Waals surface area contributed by atoms with Crippen LogP contribution in [0.4, 0.5) is 11.4 Å². The lowest BCUT2D eigenvalue weighted by Gasteiger charge is -2.08. The standard InChI is InChI=1S/C15H13N3O2S/c16-21(19,20)15-5-3-13(4-6-15)18-14-2-1-11-7-8-17-10-12(11)9-14/h1-10,18H,(H2,16,19,20)/p+1. The quantitative estimate of drug-likeness (QED) is 0.779. The van der Waals surface area contributed by atoms with Crippen LogP contribution in [-0.4, -0.2) is 13.4 Å². The number of anilines is 2. The van der Waals surface area contributed by atoms with Crippen molar-refractivity contribution in [3.05, 3.63) is 60.9 Å². The zero-order chi connectivity index (χ0) is 14.9. The summed E-state index contributed by atoms with van der Waals surface area (Å²) in [5.74, 6) is 0. The van der Waals surface area contributed by atoms with Crippen LogP contribution in [0, 0.1) is 0 Å². The number of hydrogen-bond donors (Lipinski definition) is 2. The minimum atomic E-state index is -3.66. The average molecular weight is 300 g/mol. The first-order valence-corrected chi connectivity index (χ1v) is 7.81. The van der Waals surface area contributed by atoms with Crippen LogP contribution in [0.15, 0.2) is 65.8 Å². The molecule has 106 valence electrons. The molecule has 0 aliphatic rings. The highest BCUT2D eigenvalue weighted by Crippen LogP contribution is 2.22. The van der Waals surface area contributed by atoms with E-state index in [1.165, 1.54) is 12.1 Å². The Morgan fingerprint density at radius 2 is 1.67 bits per heavy atom. The molecule has 0 saturated heterocycles. The first kappa shape index (κ1) is 13.5. The van der Waals surface area contributed by atoms with Crippen molar-refractivity contribution in [3.8, 4) is 0 Å². The normalized spacial score (nSPS) is 11.5. The number of fused-ring (bicyclic) bond motifs is 1. The summed E-state index contributed by atoms with van der Waals surface area (Å²) in [6.45, 7) is 0. The molecule has 1 aromatic heterocycles. The summed E-state index contributed by atoms with van der Waals surface area (Å²) in [6, 6.07) is 14.2. The largest absolute Gasteiger partial charge is 1.00 e. The third-order valence-electron chi connectivity index (χ3n) is 3.11. The van der Waals surface area contributed by atoms with Crippen LogP contribution in [0.1, 0.15) is 1.43 Å². The molecule has 6 heteroatoms. The van der Waals surface area contributed by atoms with E-state index in [-0.39, 0.29) is 6.32 Å². The lowest BCUT2D eigenvalue weighted by atomic mass is 10.1. The predicted molar refractivity (Wildman–Crippen MR) is 84.0 cm³/mol. The van der Waals surface area contributed by atoms with Crippen molar-refractivity contribution in [3.63, 3.8) is 0 Å². The highest BCUT2D eigenvalue weighted by atomic mass is 32.2. The lowest BCUT2D eigenvalue weighted by Crippen LogP contribution is -2.11. The SMILES string of the molecule is NS(=O)(=O)c1ccc(Nc2ccc3ccncc3c2)cc1.[H+]. The van der Waals surface area contributed by atoms with Crippen LogP contribution >= 0.6 is 0 Å². The van der Waals surface area contributed by atoms with Crippen LogP contribution in [-0.2, 0) is 10.0 Å². The van der Waals surface area contributed by atoms with Gasteiger partial charge in [-0.25, -0.2) is 13.6 Å². The van der Waals surface area contributed by atoms with Gasteiger partial charge in [0.25, 0.3) is 0 Å². The van der Waals surface area contributed by atoms with Gasteiger partial charge in [0, 0.05) is 29.2 Å². The fourth-order valence-electron chi connectivity index (χ4n) is 2.06. The molecule has 0 spiro atoms. The average Bonchev–Trinajstić information content (AvgIpc) is 2.47. The van der Waals surface area contributed by atoms with Gasteiger partial charge in [0.05, 0.1) is 4.90 Å². The monoisotopic (exact) mass is 300 g/mol. The fraction of sp³-hybridized carbons (Fsp3) is 0. The minimum absolute atomic E-state index is 0. The maximum Gasteiger partial charge on any atom is 1.00 e. The zero-order valence-electron chi connectivity index (χ0n) is 12.0. The highest BCUT2D eigenvalue weighted by Gasteiger charge is 2.06. The van der Waals surface area contributed by atoms with Crippen LogP contribution in [0.3, 0.4) is 0 Å². The Morgan fingerprint density at radius 3 is 2.38 bits per heavy atom. The van der Waals surface area contributed by atoms with Gasteiger partial charge in [-0.2, -0.15) is 0 Å². The van der Waals surface area contributed by atoms with Crippen molar-refractivity contribution in [2.45, 2.75) is 4.90 Å². The van der Waals surface area contributed by atoms with Crippen molar-refractivity contribution >= 4 is 32.2 Å². The molecule has 5 nitrogen and oxygen atoms in total. The van der Waals surface area contributed by atoms with E-state index >= 15 is 0 Å². The van der Waals surface area contributed by atoms with E-state index < -0.39 is 10.0 Å². The first-order chi connectivity index (χ1) is 10.0. The molecule has 0 aliphatic carbocycles. The second kappa shape index (κ2) is 5.16. The Bertz CT molecular complexity index is 896. The van der Waals surface area contributed by atoms with Crippen LogP contribution in [0.5, 0.6) is 0 Å². The van der Waals surface area contributed by atoms with E-state index in [1.807, 2.05) is 24.3 Å². The summed E-state index contributed by atoms with van der Waals surface area (Å²) >= 11 is 0. The second-order valence-electron chi connectivity index (χ2n) is 4.63. The van der Waals surface area contributed by atoms with Crippen molar-refractivity contribution in [1.82, 2.24) is 4.98 Å². The Labute approximate surface area is 124 Å². The molecule has 0 bridgehead atoms. The topological polar surface area (TPSA) is 85.1 Å². The number of primary sulfonamides is 1. The smallest absolute Gasteiger partial charge is 0.356 e. The maximum absolute atomic E-state index is 11.2. The van der Waals surface area contributed by atoms with Gasteiger partial charge in [-0.05, 0) is 47.9 Å². The summed E-state index contributed by atoms with van der Waals surface area (Å²) in [5.41, 5.74) is 1.68. The lowest BCUT2D eigenvalue weighted by molar-refractivity contribution is 0.598. The second-order valence-corrected chi connectivity index (χ2v) is 6.19. The van der Waals surface area contributed by atoms with Gasteiger partial charge in [-0.1, -0.05) is 6.07 Å². The molecule has 21 heavy (non-hydrogen) atoms. The molecular weight excluding hydrogens is 286 g/mol. The molecule has 0 amide bonds. The predicted octanol–water partition coefficient (Wildman–Crippen LogP) is 2.74. The number of rotatable bonds is 3. The molecule has 0 fully saturated rings. The van der Waals surface area contributed by atoms with Crippen LogP contribution in [0.2, 0.25) is 0 Å². The molecule has 1 heterocycles. The molecule has 0 saturated carbocycles. The van der Waals surface area contributed by atoms with Gasteiger partial charge < -0.3 is 5.32 Å². The summed E-state index contributed by atoms with van der Waals surface area (Å²) < 4.78 is 22.4. The molecule has 3 N–H and O–H groups in total. The maximum atomic E-state index is 11.2. The molecule has 0 unspecified atom stereocenters. The summed E-state index contributed by atoms with van der Waals surface area (Å²) in [4.78, 5) is 4.18. The highest BCUT2D eigenvalue weighted by molar-refractivity contribution is 7.89. The molecule has 3 rings (SSSR count). The van der Waals surface area contributed by atoms with Crippen molar-refractivity contribution < 1.29 is 9.84 Å². The number of pyridine rings is 1. The van der Waals surface area contributed by atoms with Gasteiger partial charge in [0.2, 0.25) is 10.0 Å². The van der Waals surface area contributed by atoms with Gasteiger partial charge in [0.1, 0.15) is 0 Å². The first-order valence-electron chi connectivity index (χ1n) is 6.26. The van der Waals surface area contributed by atoms with E-state index in [1.54, 1.807) is 24.5 Å². The number of hydrogen-bond acceptors (Lipinski definition) is 4. The van der Waals surface area contributed by atoms with Crippen molar-refractivity contribution in [1.29, 1.82) is 0 Å². The van der Waals surface area contributed by atoms with E-state index in [4.69, 9.17) is 5.14 Å². The fourth-order valence-corrected chi connectivity index (χ4v) is 2.57. The Hall–Kier alpha value is -2.44. The molecule has 3 aromatic rings. The van der Waals surface area contributed by atoms with Gasteiger partial charge in [-0.3, -0.25) is 4.98 Å². The molecule has 0 radical (unpaired) electrons.